The lowest BCUT2D eigenvalue weighted by atomic mass is 10.0. The minimum absolute atomic E-state index is 0.0662. The van der Waals surface area contributed by atoms with Gasteiger partial charge in [0.1, 0.15) is 16.5 Å². The number of hydrogen-bond acceptors (Lipinski definition) is 6. The fourth-order valence-electron chi connectivity index (χ4n) is 2.40. The highest BCUT2D eigenvalue weighted by molar-refractivity contribution is 7.89. The third kappa shape index (κ3) is 4.50. The predicted molar refractivity (Wildman–Crippen MR) is 91.5 cm³/mol. The lowest BCUT2D eigenvalue weighted by molar-refractivity contribution is 0.0727. The Labute approximate surface area is 155 Å². The molecule has 0 aliphatic rings. The average Bonchev–Trinajstić information content (AvgIpc) is 2.52. The summed E-state index contributed by atoms with van der Waals surface area (Å²) in [5, 5.41) is 0. The van der Waals surface area contributed by atoms with Crippen LogP contribution in [0.25, 0.3) is 0 Å². The van der Waals surface area contributed by atoms with Crippen LogP contribution < -0.4 is 4.74 Å². The number of ether oxygens (including phenoxy) is 1. The Morgan fingerprint density at radius 1 is 0.963 bits per heavy atom. The molecule has 0 amide bonds. The molecule has 2 aromatic carbocycles. The molecule has 0 aliphatic carbocycles. The van der Waals surface area contributed by atoms with Crippen molar-refractivity contribution in [1.29, 1.82) is 0 Å². The number of halogens is 1. The van der Waals surface area contributed by atoms with E-state index in [9.17, 15) is 30.6 Å². The lowest BCUT2D eigenvalue weighted by Crippen LogP contribution is -2.19. The Balaban J connectivity index is 2.69. The van der Waals surface area contributed by atoms with Gasteiger partial charge in [0.05, 0.1) is 5.56 Å². The van der Waals surface area contributed by atoms with E-state index in [0.29, 0.717) is 17.7 Å². The van der Waals surface area contributed by atoms with Gasteiger partial charge in [-0.3, -0.25) is 9.11 Å². The summed E-state index contributed by atoms with van der Waals surface area (Å²) in [5.74, 6) is -3.03. The van der Waals surface area contributed by atoms with E-state index in [0.717, 1.165) is 0 Å². The lowest BCUT2D eigenvalue weighted by Gasteiger charge is -2.14. The van der Waals surface area contributed by atoms with Crippen molar-refractivity contribution in [1.82, 2.24) is 0 Å². The Kier molecular flexibility index (Phi) is 5.71. The molecule has 0 atom stereocenters. The summed E-state index contributed by atoms with van der Waals surface area (Å²) < 4.78 is 83.4. The molecule has 8 nitrogen and oxygen atoms in total. The van der Waals surface area contributed by atoms with Crippen LogP contribution in [0.2, 0.25) is 0 Å². The maximum Gasteiger partial charge on any atom is 0.345 e. The molecule has 0 aromatic heterocycles. The SMILES string of the molecule is CC(C)c1ccccc1OC(=O)c1ccc(F)c(S(=O)(=O)O)c1S(=O)(=O)O. The molecular formula is C16H15FO8S2. The van der Waals surface area contributed by atoms with Crippen LogP contribution in [0.5, 0.6) is 5.75 Å². The first-order chi connectivity index (χ1) is 12.3. The van der Waals surface area contributed by atoms with E-state index in [2.05, 4.69) is 0 Å². The second-order valence-corrected chi connectivity index (χ2v) is 8.50. The summed E-state index contributed by atoms with van der Waals surface area (Å²) in [5.41, 5.74) is -0.360. The highest BCUT2D eigenvalue weighted by Crippen LogP contribution is 2.31. The van der Waals surface area contributed by atoms with Crippen molar-refractivity contribution in [3.63, 3.8) is 0 Å². The number of esters is 1. The van der Waals surface area contributed by atoms with E-state index < -0.39 is 47.4 Å². The van der Waals surface area contributed by atoms with Crippen LogP contribution in [-0.4, -0.2) is 31.9 Å². The standard InChI is InChI=1S/C16H15FO8S2/c1-9(2)10-5-3-4-6-13(10)25-16(18)11-7-8-12(17)15(27(22,23)24)14(11)26(19,20)21/h3-9H,1-2H3,(H,19,20,21)(H,22,23,24). The van der Waals surface area contributed by atoms with E-state index in [1.807, 2.05) is 13.8 Å². The normalized spacial score (nSPS) is 12.2. The topological polar surface area (TPSA) is 135 Å². The third-order valence-electron chi connectivity index (χ3n) is 3.54. The second-order valence-electron chi connectivity index (χ2n) is 5.79. The average molecular weight is 418 g/mol. The van der Waals surface area contributed by atoms with Crippen LogP contribution in [0, 0.1) is 5.82 Å². The van der Waals surface area contributed by atoms with E-state index in [-0.39, 0.29) is 11.7 Å². The molecule has 27 heavy (non-hydrogen) atoms. The summed E-state index contributed by atoms with van der Waals surface area (Å²) >= 11 is 0. The van der Waals surface area contributed by atoms with Gasteiger partial charge in [0.15, 0.2) is 4.90 Å². The van der Waals surface area contributed by atoms with Gasteiger partial charge in [-0.1, -0.05) is 32.0 Å². The fraction of sp³-hybridized carbons (Fsp3) is 0.188. The monoisotopic (exact) mass is 418 g/mol. The maximum absolute atomic E-state index is 13.8. The minimum atomic E-state index is -5.42. The highest BCUT2D eigenvalue weighted by Gasteiger charge is 2.34. The van der Waals surface area contributed by atoms with Gasteiger partial charge < -0.3 is 4.74 Å². The quantitative estimate of drug-likeness (QED) is 0.430. The molecule has 2 aromatic rings. The molecule has 0 saturated heterocycles. The molecule has 2 N–H and O–H groups in total. The number of hydrogen-bond donors (Lipinski definition) is 2. The molecule has 0 aliphatic heterocycles. The molecule has 146 valence electrons. The molecule has 0 radical (unpaired) electrons. The summed E-state index contributed by atoms with van der Waals surface area (Å²) in [6.45, 7) is 3.62. The molecule has 0 saturated carbocycles. The molecular weight excluding hydrogens is 403 g/mol. The van der Waals surface area contributed by atoms with Gasteiger partial charge in [0.25, 0.3) is 20.2 Å². The Bertz CT molecular complexity index is 1110. The zero-order chi connectivity index (χ0) is 20.6. The van der Waals surface area contributed by atoms with Crippen LogP contribution in [0.1, 0.15) is 35.7 Å². The van der Waals surface area contributed by atoms with Gasteiger partial charge in [-0.05, 0) is 29.7 Å². The fourth-order valence-corrected chi connectivity index (χ4v) is 4.45. The van der Waals surface area contributed by atoms with Crippen LogP contribution in [-0.2, 0) is 20.2 Å². The Morgan fingerprint density at radius 2 is 1.52 bits per heavy atom. The maximum atomic E-state index is 13.8. The summed E-state index contributed by atoms with van der Waals surface area (Å²) in [4.78, 5) is 9.11. The van der Waals surface area contributed by atoms with Crippen molar-refractivity contribution in [3.05, 3.63) is 53.3 Å². The van der Waals surface area contributed by atoms with Crippen molar-refractivity contribution in [2.45, 2.75) is 29.6 Å². The first kappa shape index (κ1) is 21.0. The van der Waals surface area contributed by atoms with E-state index in [4.69, 9.17) is 9.29 Å². The van der Waals surface area contributed by atoms with E-state index >= 15 is 0 Å². The van der Waals surface area contributed by atoms with Gasteiger partial charge in [0, 0.05) is 0 Å². The summed E-state index contributed by atoms with van der Waals surface area (Å²) in [6, 6.07) is 7.41. The summed E-state index contributed by atoms with van der Waals surface area (Å²) in [7, 11) is -10.8. The number of carbonyl (C=O) groups excluding carboxylic acids is 1. The van der Waals surface area contributed by atoms with Crippen LogP contribution in [0.4, 0.5) is 4.39 Å². The minimum Gasteiger partial charge on any atom is -0.423 e. The van der Waals surface area contributed by atoms with Gasteiger partial charge in [0.2, 0.25) is 0 Å². The first-order valence-electron chi connectivity index (χ1n) is 7.42. The van der Waals surface area contributed by atoms with Crippen LogP contribution in [0.15, 0.2) is 46.2 Å². The Hall–Kier alpha value is -2.34. The number of para-hydroxylation sites is 1. The number of carbonyl (C=O) groups is 1. The number of benzene rings is 2. The summed E-state index contributed by atoms with van der Waals surface area (Å²) in [6.07, 6.45) is 0. The molecule has 0 spiro atoms. The molecule has 11 heteroatoms. The van der Waals surface area contributed by atoms with E-state index in [1.165, 1.54) is 6.07 Å². The van der Waals surface area contributed by atoms with Gasteiger partial charge >= 0.3 is 5.97 Å². The van der Waals surface area contributed by atoms with Crippen LogP contribution >= 0.6 is 0 Å². The van der Waals surface area contributed by atoms with Gasteiger partial charge in [-0.2, -0.15) is 16.8 Å². The zero-order valence-electron chi connectivity index (χ0n) is 14.1. The van der Waals surface area contributed by atoms with Crippen molar-refractivity contribution in [3.8, 4) is 5.75 Å². The molecule has 0 fully saturated rings. The van der Waals surface area contributed by atoms with Crippen molar-refractivity contribution >= 4 is 26.2 Å². The molecule has 0 unspecified atom stereocenters. The van der Waals surface area contributed by atoms with Gasteiger partial charge in [-0.25, -0.2) is 9.18 Å². The predicted octanol–water partition coefficient (Wildman–Crippen LogP) is 2.66. The second kappa shape index (κ2) is 7.35. The van der Waals surface area contributed by atoms with Crippen molar-refractivity contribution in [2.75, 3.05) is 0 Å². The smallest absolute Gasteiger partial charge is 0.345 e. The van der Waals surface area contributed by atoms with Gasteiger partial charge in [-0.15, -0.1) is 0 Å². The molecule has 0 bridgehead atoms. The number of rotatable bonds is 5. The first-order valence-corrected chi connectivity index (χ1v) is 10.3. The Morgan fingerprint density at radius 3 is 2.04 bits per heavy atom. The molecule has 0 heterocycles. The van der Waals surface area contributed by atoms with Crippen molar-refractivity contribution in [2.24, 2.45) is 0 Å². The highest BCUT2D eigenvalue weighted by atomic mass is 32.2. The van der Waals surface area contributed by atoms with Crippen LogP contribution in [0.3, 0.4) is 0 Å². The van der Waals surface area contributed by atoms with Crippen molar-refractivity contribution < 1.29 is 39.9 Å². The van der Waals surface area contributed by atoms with E-state index in [1.54, 1.807) is 18.2 Å². The zero-order valence-corrected chi connectivity index (χ0v) is 15.7. The molecule has 2 rings (SSSR count). The largest absolute Gasteiger partial charge is 0.423 e. The third-order valence-corrected chi connectivity index (χ3v) is 5.53.